The van der Waals surface area contributed by atoms with Crippen LogP contribution in [0, 0.1) is 11.6 Å². The minimum Gasteiger partial charge on any atom is -0.308 e. The molecule has 0 bridgehead atoms. The van der Waals surface area contributed by atoms with Crippen molar-refractivity contribution in [3.8, 4) is 11.3 Å². The van der Waals surface area contributed by atoms with E-state index in [-0.39, 0.29) is 22.5 Å². The summed E-state index contributed by atoms with van der Waals surface area (Å²) in [6, 6.07) is 13.2. The number of nitrogens with one attached hydrogen (secondary N) is 2. The van der Waals surface area contributed by atoms with Crippen LogP contribution in [0.2, 0.25) is 0 Å². The van der Waals surface area contributed by atoms with Gasteiger partial charge in [-0.05, 0) is 54.6 Å². The number of hydrogen-bond acceptors (Lipinski definition) is 5. The lowest BCUT2D eigenvalue weighted by Crippen LogP contribution is -2.19. The number of aromatic nitrogens is 4. The molecule has 0 fully saturated rings. The minimum absolute atomic E-state index is 0.128. The highest BCUT2D eigenvalue weighted by Crippen LogP contribution is 2.23. The number of benzene rings is 3. The summed E-state index contributed by atoms with van der Waals surface area (Å²) >= 11 is 0. The van der Waals surface area contributed by atoms with Crippen LogP contribution in [-0.4, -0.2) is 31.6 Å². The molecule has 2 N–H and O–H groups in total. The van der Waals surface area contributed by atoms with Crippen LogP contribution in [0.5, 0.6) is 0 Å². The van der Waals surface area contributed by atoms with E-state index in [0.717, 1.165) is 17.7 Å². The summed E-state index contributed by atoms with van der Waals surface area (Å²) in [6.45, 7) is 0. The molecule has 0 radical (unpaired) electrons. The second-order valence-corrected chi connectivity index (χ2v) is 7.97. The molecule has 0 aliphatic heterocycles. The Balaban J connectivity index is 1.35. The summed E-state index contributed by atoms with van der Waals surface area (Å²) in [7, 11) is 1.79. The van der Waals surface area contributed by atoms with Gasteiger partial charge in [-0.25, -0.2) is 18.6 Å². The van der Waals surface area contributed by atoms with Crippen LogP contribution in [0.25, 0.3) is 22.3 Å². The maximum Gasteiger partial charge on any atom is 0.323 e. The average molecular weight is 484 g/mol. The van der Waals surface area contributed by atoms with Gasteiger partial charge in [-0.15, -0.1) is 0 Å². The topological polar surface area (TPSA) is 102 Å². The van der Waals surface area contributed by atoms with Crippen LogP contribution in [0.4, 0.5) is 25.0 Å². The van der Waals surface area contributed by atoms with E-state index in [1.165, 1.54) is 30.3 Å². The standard InChI is InChI=1S/C26H18F2N6O2/c1-34-14-16(12-30-34)24-13-29-22-8-5-15(9-23(22)33-24)25(35)20-7-6-19(11-21(20)28)32-26(36)31-18-4-2-3-17(27)10-18/h2-14H,1H3,(H2,31,32,36). The highest BCUT2D eigenvalue weighted by molar-refractivity contribution is 6.10. The molecule has 0 atom stereocenters. The van der Waals surface area contributed by atoms with Crippen LogP contribution in [0.3, 0.4) is 0 Å². The first kappa shape index (κ1) is 22.8. The third-order valence-electron chi connectivity index (χ3n) is 5.36. The van der Waals surface area contributed by atoms with Gasteiger partial charge in [0.1, 0.15) is 11.6 Å². The fraction of sp³-hybridized carbons (Fsp3) is 0.0385. The van der Waals surface area contributed by atoms with E-state index in [9.17, 15) is 18.4 Å². The monoisotopic (exact) mass is 484 g/mol. The summed E-state index contributed by atoms with van der Waals surface area (Å²) < 4.78 is 29.8. The molecule has 3 aromatic carbocycles. The number of carbonyl (C=O) groups excluding carboxylic acids is 2. The first-order valence-corrected chi connectivity index (χ1v) is 10.8. The largest absolute Gasteiger partial charge is 0.323 e. The minimum atomic E-state index is -0.807. The summed E-state index contributed by atoms with van der Waals surface area (Å²) in [4.78, 5) is 34.1. The Labute approximate surface area is 203 Å². The lowest BCUT2D eigenvalue weighted by molar-refractivity contribution is 0.103. The molecule has 36 heavy (non-hydrogen) atoms. The molecular formula is C26H18F2N6O2. The smallest absolute Gasteiger partial charge is 0.308 e. The van der Waals surface area contributed by atoms with Gasteiger partial charge >= 0.3 is 6.03 Å². The predicted molar refractivity (Wildman–Crippen MR) is 131 cm³/mol. The van der Waals surface area contributed by atoms with Crippen molar-refractivity contribution in [2.24, 2.45) is 7.05 Å². The highest BCUT2D eigenvalue weighted by atomic mass is 19.1. The molecule has 5 aromatic rings. The number of anilines is 2. The van der Waals surface area contributed by atoms with Crippen LogP contribution in [0.15, 0.2) is 79.3 Å². The van der Waals surface area contributed by atoms with Gasteiger partial charge in [0.25, 0.3) is 0 Å². The normalized spacial score (nSPS) is 10.9. The lowest BCUT2D eigenvalue weighted by atomic mass is 10.0. The van der Waals surface area contributed by atoms with E-state index in [1.54, 1.807) is 48.5 Å². The third kappa shape index (κ3) is 4.78. The van der Waals surface area contributed by atoms with E-state index < -0.39 is 23.4 Å². The number of rotatable bonds is 5. The summed E-state index contributed by atoms with van der Waals surface area (Å²) in [6.07, 6.45) is 5.08. The molecule has 178 valence electrons. The van der Waals surface area contributed by atoms with Crippen LogP contribution in [-0.2, 0) is 7.05 Å². The molecule has 8 nitrogen and oxygen atoms in total. The van der Waals surface area contributed by atoms with Gasteiger partial charge in [0.2, 0.25) is 0 Å². The zero-order valence-electron chi connectivity index (χ0n) is 18.9. The summed E-state index contributed by atoms with van der Waals surface area (Å²) in [5.41, 5.74) is 2.88. The number of amides is 2. The lowest BCUT2D eigenvalue weighted by Gasteiger charge is -2.10. The molecule has 0 saturated carbocycles. The Morgan fingerprint density at radius 2 is 1.69 bits per heavy atom. The molecule has 0 spiro atoms. The maximum absolute atomic E-state index is 14.8. The van der Waals surface area contributed by atoms with Gasteiger partial charge in [0, 0.05) is 35.7 Å². The number of aryl methyl sites for hydroxylation is 1. The number of urea groups is 1. The van der Waals surface area contributed by atoms with Crippen molar-refractivity contribution in [3.63, 3.8) is 0 Å². The van der Waals surface area contributed by atoms with E-state index >= 15 is 0 Å². The fourth-order valence-corrected chi connectivity index (χ4v) is 3.64. The molecule has 2 amide bonds. The molecule has 2 aromatic heterocycles. The van der Waals surface area contributed by atoms with Gasteiger partial charge in [0.05, 0.1) is 34.7 Å². The SMILES string of the molecule is Cn1cc(-c2cnc3ccc(C(=O)c4ccc(NC(=O)Nc5cccc(F)c5)cc4F)cc3n2)cn1. The van der Waals surface area contributed by atoms with Gasteiger partial charge in [-0.1, -0.05) is 6.07 Å². The highest BCUT2D eigenvalue weighted by Gasteiger charge is 2.17. The van der Waals surface area contributed by atoms with Crippen LogP contribution >= 0.6 is 0 Å². The molecule has 5 rings (SSSR count). The average Bonchev–Trinajstić information content (AvgIpc) is 3.29. The van der Waals surface area contributed by atoms with Crippen LogP contribution in [0.1, 0.15) is 15.9 Å². The van der Waals surface area contributed by atoms with E-state index in [4.69, 9.17) is 0 Å². The van der Waals surface area contributed by atoms with Crippen LogP contribution < -0.4 is 10.6 Å². The predicted octanol–water partition coefficient (Wildman–Crippen LogP) is 5.18. The second kappa shape index (κ2) is 9.34. The molecule has 0 saturated heterocycles. The van der Waals surface area contributed by atoms with Crippen molar-refractivity contribution < 1.29 is 18.4 Å². The zero-order valence-corrected chi connectivity index (χ0v) is 18.9. The van der Waals surface area contributed by atoms with Crippen molar-refractivity contribution in [2.75, 3.05) is 10.6 Å². The summed E-state index contributed by atoms with van der Waals surface area (Å²) in [5.74, 6) is -1.85. The van der Waals surface area contributed by atoms with Gasteiger partial charge < -0.3 is 10.6 Å². The zero-order chi connectivity index (χ0) is 25.2. The van der Waals surface area contributed by atoms with Crippen molar-refractivity contribution in [2.45, 2.75) is 0 Å². The quantitative estimate of drug-likeness (QED) is 0.335. The molecule has 0 unspecified atom stereocenters. The van der Waals surface area contributed by atoms with Gasteiger partial charge in [-0.2, -0.15) is 5.10 Å². The number of nitrogens with zero attached hydrogens (tertiary/aromatic N) is 4. The van der Waals surface area contributed by atoms with Crippen molar-refractivity contribution >= 4 is 34.2 Å². The van der Waals surface area contributed by atoms with E-state index in [2.05, 4.69) is 25.7 Å². The number of ketones is 1. The molecule has 2 heterocycles. The van der Waals surface area contributed by atoms with Gasteiger partial charge in [-0.3, -0.25) is 14.5 Å². The Hall–Kier alpha value is -4.99. The maximum atomic E-state index is 14.8. The molecule has 10 heteroatoms. The van der Waals surface area contributed by atoms with E-state index in [0.29, 0.717) is 16.7 Å². The Kier molecular flexibility index (Phi) is 5.91. The number of carbonyl (C=O) groups is 2. The third-order valence-corrected chi connectivity index (χ3v) is 5.36. The van der Waals surface area contributed by atoms with Crippen molar-refractivity contribution in [3.05, 3.63) is 102 Å². The van der Waals surface area contributed by atoms with Gasteiger partial charge in [0.15, 0.2) is 5.78 Å². The first-order valence-electron chi connectivity index (χ1n) is 10.8. The van der Waals surface area contributed by atoms with Crippen molar-refractivity contribution in [1.29, 1.82) is 0 Å². The number of hydrogen-bond donors (Lipinski definition) is 2. The Morgan fingerprint density at radius 1 is 0.889 bits per heavy atom. The molecule has 0 aliphatic carbocycles. The molecule has 0 aliphatic rings. The Morgan fingerprint density at radius 3 is 2.42 bits per heavy atom. The Bertz CT molecular complexity index is 1630. The van der Waals surface area contributed by atoms with E-state index in [1.807, 2.05) is 0 Å². The second-order valence-electron chi connectivity index (χ2n) is 7.97. The number of halogens is 2. The van der Waals surface area contributed by atoms with Crippen molar-refractivity contribution in [1.82, 2.24) is 19.7 Å². The fourth-order valence-electron chi connectivity index (χ4n) is 3.64. The molecular weight excluding hydrogens is 466 g/mol. The summed E-state index contributed by atoms with van der Waals surface area (Å²) in [5, 5.41) is 9.03. The first-order chi connectivity index (χ1) is 17.4. The number of fused-ring (bicyclic) bond motifs is 1.